The first-order valence-electron chi connectivity index (χ1n) is 19.9. The molecule has 0 bridgehead atoms. The normalized spacial score (nSPS) is 18.3. The van der Waals surface area contributed by atoms with Gasteiger partial charge in [-0.25, -0.2) is 29.2 Å². The zero-order chi connectivity index (χ0) is 43.5. The molecule has 65 heavy (non-hydrogen) atoms. The van der Waals surface area contributed by atoms with Crippen molar-refractivity contribution in [3.63, 3.8) is 0 Å². The van der Waals surface area contributed by atoms with E-state index in [1.54, 1.807) is 121 Å². The minimum absolute atomic E-state index is 0. The van der Waals surface area contributed by atoms with Crippen molar-refractivity contribution in [2.24, 2.45) is 9.98 Å². The van der Waals surface area contributed by atoms with Gasteiger partial charge in [0.1, 0.15) is 12.7 Å². The number of esters is 4. The van der Waals surface area contributed by atoms with Gasteiger partial charge < -0.3 is 23.7 Å². The average Bonchev–Trinajstić information content (AvgIpc) is 3.72. The standard InChI is InChI=1S/C49H39N3O9S2.2ClH/c1-32-27-29-38(30-28-32)52-48(50-37-25-15-6-16-26-37)62-63-49(52)51-43-42(61-47(56)36-23-13-5-14-24-36)41(60-46(55)35-21-11-4-12-22-35)40(59-45(54)34-19-9-3-10-20-34)39(58-43)31-57-44(53)33-17-7-2-8-18-33;;/h2-30,39-43H,31H2,1H3;2*1H/b50-48?,51-49-;;/t39-,40-,41+,42-,43-;;/m1../s1. The Kier molecular flexibility index (Phi) is 16.8. The summed E-state index contributed by atoms with van der Waals surface area (Å²) in [5.74, 6) is -3.06. The maximum absolute atomic E-state index is 14.1. The number of aryl methyl sites for hydroxylation is 1. The van der Waals surface area contributed by atoms with E-state index in [0.29, 0.717) is 15.3 Å². The Labute approximate surface area is 393 Å². The second kappa shape index (κ2) is 22.8. The lowest BCUT2D eigenvalue weighted by Crippen LogP contribution is -2.62. The fourth-order valence-electron chi connectivity index (χ4n) is 6.66. The zero-order valence-corrected chi connectivity index (χ0v) is 37.8. The lowest BCUT2D eigenvalue weighted by Gasteiger charge is -2.43. The Bertz CT molecular complexity index is 2810. The largest absolute Gasteiger partial charge is 0.459 e. The van der Waals surface area contributed by atoms with Gasteiger partial charge in [-0.3, -0.25) is 4.57 Å². The van der Waals surface area contributed by atoms with Crippen LogP contribution in [0, 0.1) is 6.92 Å². The summed E-state index contributed by atoms with van der Waals surface area (Å²) >= 11 is 0. The van der Waals surface area contributed by atoms with E-state index in [2.05, 4.69) is 0 Å². The summed E-state index contributed by atoms with van der Waals surface area (Å²) in [7, 11) is 2.64. The second-order valence-electron chi connectivity index (χ2n) is 14.2. The van der Waals surface area contributed by atoms with Gasteiger partial charge in [-0.2, -0.15) is 0 Å². The lowest BCUT2D eigenvalue weighted by atomic mass is 9.97. The molecule has 1 aliphatic heterocycles. The number of hydrogen-bond donors (Lipinski definition) is 0. The molecule has 0 radical (unpaired) electrons. The highest BCUT2D eigenvalue weighted by molar-refractivity contribution is 7.67. The molecule has 0 aliphatic carbocycles. The molecule has 6 aromatic carbocycles. The maximum Gasteiger partial charge on any atom is 0.338 e. The highest BCUT2D eigenvalue weighted by Gasteiger charge is 2.53. The van der Waals surface area contributed by atoms with Crippen LogP contribution < -0.4 is 9.60 Å². The van der Waals surface area contributed by atoms with E-state index in [1.807, 2.05) is 66.1 Å². The number of hydrogen-bond acceptors (Lipinski definition) is 13. The van der Waals surface area contributed by atoms with Crippen molar-refractivity contribution in [2.75, 3.05) is 6.61 Å². The van der Waals surface area contributed by atoms with E-state index in [1.165, 1.54) is 20.7 Å². The van der Waals surface area contributed by atoms with Gasteiger partial charge in [-0.15, -0.1) is 24.8 Å². The zero-order valence-electron chi connectivity index (χ0n) is 34.5. The van der Waals surface area contributed by atoms with E-state index in [0.717, 1.165) is 11.3 Å². The molecule has 0 unspecified atom stereocenters. The van der Waals surface area contributed by atoms with Crippen LogP contribution in [0.5, 0.6) is 0 Å². The predicted molar refractivity (Wildman–Crippen MR) is 250 cm³/mol. The predicted octanol–water partition coefficient (Wildman–Crippen LogP) is 9.14. The Balaban J connectivity index is 0.00000350. The Hall–Kier alpha value is -6.68. The molecule has 332 valence electrons. The number of halogens is 2. The van der Waals surface area contributed by atoms with Gasteiger partial charge in [0.15, 0.2) is 24.5 Å². The van der Waals surface area contributed by atoms with Gasteiger partial charge in [0.2, 0.25) is 9.60 Å². The molecule has 0 spiro atoms. The Morgan fingerprint density at radius 2 is 0.938 bits per heavy atom. The van der Waals surface area contributed by atoms with Crippen molar-refractivity contribution in [2.45, 2.75) is 37.6 Å². The van der Waals surface area contributed by atoms with Gasteiger partial charge in [-0.05, 0) is 100 Å². The molecule has 16 heteroatoms. The molecular weight excluding hydrogens is 910 g/mol. The van der Waals surface area contributed by atoms with Gasteiger partial charge >= 0.3 is 23.9 Å². The lowest BCUT2D eigenvalue weighted by molar-refractivity contribution is -0.227. The minimum Gasteiger partial charge on any atom is -0.459 e. The van der Waals surface area contributed by atoms with Crippen LogP contribution in [0.25, 0.3) is 5.69 Å². The summed E-state index contributed by atoms with van der Waals surface area (Å²) in [6.45, 7) is 1.50. The summed E-state index contributed by atoms with van der Waals surface area (Å²) < 4.78 is 33.1. The van der Waals surface area contributed by atoms with Gasteiger partial charge in [-0.1, -0.05) is 109 Å². The third-order valence-electron chi connectivity index (χ3n) is 9.84. The molecular formula is C49H41Cl2N3O9S2. The molecule has 2 heterocycles. The van der Waals surface area contributed by atoms with E-state index in [-0.39, 0.29) is 47.1 Å². The number of carbonyl (C=O) groups excluding carboxylic acids is 4. The summed E-state index contributed by atoms with van der Waals surface area (Å²) in [4.78, 5) is 66.6. The molecule has 0 saturated carbocycles. The quantitative estimate of drug-likeness (QED) is 0.0666. The highest BCUT2D eigenvalue weighted by atomic mass is 35.5. The van der Waals surface area contributed by atoms with Crippen LogP contribution in [0.4, 0.5) is 5.69 Å². The third kappa shape index (κ3) is 11.9. The molecule has 7 aromatic rings. The first kappa shape index (κ1) is 47.8. The SMILES string of the molecule is Cc1ccc(-n2c(=Nc3ccccc3)ss/c2=N\[C@@H]2O[C@H](COC(=O)c3ccccc3)[C@@H](OC(=O)c3ccccc3)[C@H](OC(=O)c3ccccc3)[C@H]2OC(=O)c2ccccc2)cc1.Cl.Cl. The van der Waals surface area contributed by atoms with Crippen LogP contribution >= 0.6 is 45.5 Å². The van der Waals surface area contributed by atoms with Crippen molar-refractivity contribution >= 4 is 75.1 Å². The van der Waals surface area contributed by atoms with Crippen LogP contribution in [0.2, 0.25) is 0 Å². The van der Waals surface area contributed by atoms with Crippen molar-refractivity contribution in [3.8, 4) is 5.69 Å². The average molecular weight is 951 g/mol. The number of benzene rings is 6. The van der Waals surface area contributed by atoms with Crippen LogP contribution in [-0.4, -0.2) is 65.7 Å². The second-order valence-corrected chi connectivity index (χ2v) is 16.3. The van der Waals surface area contributed by atoms with Crippen LogP contribution in [-0.2, 0) is 23.7 Å². The van der Waals surface area contributed by atoms with Crippen LogP contribution in [0.3, 0.4) is 0 Å². The summed E-state index contributed by atoms with van der Waals surface area (Å²) in [5.41, 5.74) is 3.29. The summed E-state index contributed by atoms with van der Waals surface area (Å²) in [5, 5.41) is 0. The molecule has 1 saturated heterocycles. The highest BCUT2D eigenvalue weighted by Crippen LogP contribution is 2.32. The fourth-order valence-corrected chi connectivity index (χ4v) is 8.83. The minimum atomic E-state index is -1.56. The van der Waals surface area contributed by atoms with Crippen molar-refractivity contribution < 1.29 is 42.9 Å². The van der Waals surface area contributed by atoms with Crippen LogP contribution in [0.15, 0.2) is 186 Å². The summed E-state index contributed by atoms with van der Waals surface area (Å²) in [6, 6.07) is 50.3. The fraction of sp³-hybridized carbons (Fsp3) is 0.143. The monoisotopic (exact) mass is 949 g/mol. The molecule has 1 aromatic heterocycles. The van der Waals surface area contributed by atoms with Crippen molar-refractivity contribution in [3.05, 3.63) is 213 Å². The van der Waals surface area contributed by atoms with Crippen molar-refractivity contribution in [1.82, 2.24) is 4.57 Å². The third-order valence-corrected chi connectivity index (χ3v) is 11.9. The molecule has 12 nitrogen and oxygen atoms in total. The number of aromatic nitrogens is 1. The number of nitrogens with zero attached hydrogens (tertiary/aromatic N) is 3. The molecule has 1 fully saturated rings. The first-order chi connectivity index (χ1) is 30.8. The maximum atomic E-state index is 14.1. The smallest absolute Gasteiger partial charge is 0.338 e. The summed E-state index contributed by atoms with van der Waals surface area (Å²) in [6.07, 6.45) is -7.36. The topological polar surface area (TPSA) is 144 Å². The number of carbonyl (C=O) groups is 4. The van der Waals surface area contributed by atoms with Crippen LogP contribution in [0.1, 0.15) is 47.0 Å². The first-order valence-corrected chi connectivity index (χ1v) is 22.0. The van der Waals surface area contributed by atoms with Gasteiger partial charge in [0.25, 0.3) is 0 Å². The molecule has 1 aliphatic rings. The number of rotatable bonds is 12. The molecule has 0 amide bonds. The molecule has 0 N–H and O–H groups in total. The number of ether oxygens (including phenoxy) is 5. The van der Waals surface area contributed by atoms with E-state index in [9.17, 15) is 19.2 Å². The van der Waals surface area contributed by atoms with Crippen molar-refractivity contribution in [1.29, 1.82) is 0 Å². The molecule has 8 rings (SSSR count). The van der Waals surface area contributed by atoms with Gasteiger partial charge in [0.05, 0.1) is 33.6 Å². The van der Waals surface area contributed by atoms with E-state index in [4.69, 9.17) is 33.7 Å². The Morgan fingerprint density at radius 1 is 0.523 bits per heavy atom. The molecule has 5 atom stereocenters. The number of para-hydroxylation sites is 1. The van der Waals surface area contributed by atoms with E-state index < -0.39 is 61.1 Å². The van der Waals surface area contributed by atoms with E-state index >= 15 is 0 Å². The van der Waals surface area contributed by atoms with Gasteiger partial charge in [0, 0.05) is 0 Å². The Morgan fingerprint density at radius 3 is 1.43 bits per heavy atom.